The Morgan fingerprint density at radius 2 is 1.97 bits per heavy atom. The van der Waals surface area contributed by atoms with Gasteiger partial charge in [-0.05, 0) is 43.2 Å². The zero-order valence-corrected chi connectivity index (χ0v) is 21.2. The number of nitrogens with one attached hydrogen (secondary N) is 2. The zero-order valence-electron chi connectivity index (χ0n) is 21.2. The van der Waals surface area contributed by atoms with Crippen LogP contribution in [0.5, 0.6) is 0 Å². The van der Waals surface area contributed by atoms with Gasteiger partial charge in [0.05, 0.1) is 12.2 Å². The molecule has 0 radical (unpaired) electrons. The van der Waals surface area contributed by atoms with Crippen molar-refractivity contribution < 1.29 is 15.0 Å². The van der Waals surface area contributed by atoms with Crippen LogP contribution in [-0.4, -0.2) is 71.1 Å². The summed E-state index contributed by atoms with van der Waals surface area (Å²) in [5.74, 6) is 1.20. The smallest absolute Gasteiger partial charge is 0.226 e. The number of aryl methyl sites for hydroxylation is 1. The number of carbonyl (C=O) groups is 1. The number of amides is 1. The molecule has 6 rings (SSSR count). The molecular formula is C27H32N8O3. The Morgan fingerprint density at radius 1 is 1.13 bits per heavy atom. The molecule has 5 atom stereocenters. The molecule has 4 N–H and O–H groups in total. The zero-order chi connectivity index (χ0) is 26.2. The number of nitrogens with zero attached hydrogens (tertiary/aromatic N) is 6. The van der Waals surface area contributed by atoms with Crippen molar-refractivity contribution in [2.24, 2.45) is 11.8 Å². The molecule has 1 amide bonds. The molecular weight excluding hydrogens is 484 g/mol. The van der Waals surface area contributed by atoms with Gasteiger partial charge in [0, 0.05) is 31.2 Å². The van der Waals surface area contributed by atoms with Gasteiger partial charge in [-0.25, -0.2) is 4.98 Å². The first-order valence-electron chi connectivity index (χ1n) is 13.2. The van der Waals surface area contributed by atoms with Crippen LogP contribution in [0.2, 0.25) is 0 Å². The Morgan fingerprint density at radius 3 is 2.66 bits per heavy atom. The summed E-state index contributed by atoms with van der Waals surface area (Å²) in [6, 6.07) is 11.7. The fourth-order valence-corrected chi connectivity index (χ4v) is 6.10. The number of fused-ring (bicyclic) bond motifs is 3. The maximum absolute atomic E-state index is 12.6. The number of benzene rings is 1. The molecule has 0 saturated heterocycles. The van der Waals surface area contributed by atoms with Crippen LogP contribution in [0.3, 0.4) is 0 Å². The van der Waals surface area contributed by atoms with Crippen LogP contribution in [0.25, 0.3) is 22.7 Å². The van der Waals surface area contributed by atoms with Gasteiger partial charge < -0.3 is 20.1 Å². The number of H-pyrrole nitrogens is 1. The number of imidazole rings is 1. The van der Waals surface area contributed by atoms with E-state index in [1.54, 1.807) is 11.1 Å². The van der Waals surface area contributed by atoms with Gasteiger partial charge in [-0.2, -0.15) is 15.1 Å². The van der Waals surface area contributed by atoms with E-state index in [1.807, 2.05) is 28.8 Å². The van der Waals surface area contributed by atoms with E-state index in [9.17, 15) is 15.0 Å². The Hall–Kier alpha value is -3.83. The summed E-state index contributed by atoms with van der Waals surface area (Å²) in [7, 11) is 0. The van der Waals surface area contributed by atoms with E-state index in [-0.39, 0.29) is 17.9 Å². The van der Waals surface area contributed by atoms with E-state index < -0.39 is 12.2 Å². The highest BCUT2D eigenvalue weighted by Crippen LogP contribution is 2.48. The monoisotopic (exact) mass is 516 g/mol. The second-order valence-electron chi connectivity index (χ2n) is 10.2. The summed E-state index contributed by atoms with van der Waals surface area (Å²) >= 11 is 0. The van der Waals surface area contributed by atoms with E-state index >= 15 is 0 Å². The summed E-state index contributed by atoms with van der Waals surface area (Å²) in [5.41, 5.74) is 3.00. The summed E-state index contributed by atoms with van der Waals surface area (Å²) in [4.78, 5) is 28.7. The standard InChI is InChI=1S/C27H32N8O3/c1-2-12-34-24(19-9-11-29-33-19)30-21-25(34)31-27(28-10-8-16-6-4-3-5-7-16)32-26(21)35(15-36)20-14-17-13-18(20)23(38)22(17)37/h3-7,9,11,15,17-18,20,22-23,37-38H,2,8,10,12-14H2,1H3,(H,29,33)(H,28,31,32). The molecule has 1 aromatic carbocycles. The lowest BCUT2D eigenvalue weighted by atomic mass is 9.89. The van der Waals surface area contributed by atoms with Crippen LogP contribution in [-0.2, 0) is 17.8 Å². The number of carbonyl (C=O) groups excluding carboxylic acids is 1. The van der Waals surface area contributed by atoms with Crippen molar-refractivity contribution in [1.82, 2.24) is 29.7 Å². The third-order valence-corrected chi connectivity index (χ3v) is 7.89. The van der Waals surface area contributed by atoms with Crippen LogP contribution < -0.4 is 10.2 Å². The molecule has 3 aromatic heterocycles. The third kappa shape index (κ3) is 4.21. The number of aromatic nitrogens is 6. The fourth-order valence-electron chi connectivity index (χ4n) is 6.10. The lowest BCUT2D eigenvalue weighted by Crippen LogP contribution is -2.48. The molecule has 2 fully saturated rings. The van der Waals surface area contributed by atoms with Gasteiger partial charge in [-0.1, -0.05) is 37.3 Å². The molecule has 2 aliphatic carbocycles. The Kier molecular flexibility index (Phi) is 6.54. The molecule has 11 nitrogen and oxygen atoms in total. The van der Waals surface area contributed by atoms with Crippen molar-refractivity contribution in [3.63, 3.8) is 0 Å². The fraction of sp³-hybridized carbons (Fsp3) is 0.444. The van der Waals surface area contributed by atoms with Gasteiger partial charge in [0.15, 0.2) is 22.8 Å². The number of hydrogen-bond donors (Lipinski definition) is 4. The van der Waals surface area contributed by atoms with E-state index in [1.165, 1.54) is 5.56 Å². The molecule has 38 heavy (non-hydrogen) atoms. The van der Waals surface area contributed by atoms with E-state index in [0.29, 0.717) is 60.4 Å². The summed E-state index contributed by atoms with van der Waals surface area (Å²) in [6.07, 6.45) is 3.83. The van der Waals surface area contributed by atoms with Crippen molar-refractivity contribution in [3.8, 4) is 11.5 Å². The molecule has 198 valence electrons. The first-order valence-corrected chi connectivity index (χ1v) is 13.2. The quantitative estimate of drug-likeness (QED) is 0.235. The summed E-state index contributed by atoms with van der Waals surface area (Å²) in [6.45, 7) is 3.36. The molecule has 0 spiro atoms. The molecule has 0 aliphatic heterocycles. The second-order valence-corrected chi connectivity index (χ2v) is 10.2. The van der Waals surface area contributed by atoms with E-state index in [2.05, 4.69) is 34.6 Å². The SMILES string of the molecule is CCCn1c(-c2cc[nH]n2)nc2c(N(C=O)C3CC4CC3C(O)C4O)nc(NCCc3ccccc3)nc21. The predicted octanol–water partition coefficient (Wildman–Crippen LogP) is 2.37. The third-order valence-electron chi connectivity index (χ3n) is 7.89. The second kappa shape index (κ2) is 10.1. The molecule has 3 heterocycles. The van der Waals surface area contributed by atoms with Crippen molar-refractivity contribution in [1.29, 1.82) is 0 Å². The minimum Gasteiger partial charge on any atom is -0.390 e. The van der Waals surface area contributed by atoms with Gasteiger partial charge in [0.25, 0.3) is 0 Å². The number of aliphatic hydroxyl groups is 2. The maximum Gasteiger partial charge on any atom is 0.226 e. The normalized spacial score (nSPS) is 24.2. The van der Waals surface area contributed by atoms with Gasteiger partial charge >= 0.3 is 0 Å². The van der Waals surface area contributed by atoms with Crippen molar-refractivity contribution in [2.75, 3.05) is 16.8 Å². The molecule has 4 aromatic rings. The molecule has 2 aliphatic rings. The predicted molar refractivity (Wildman–Crippen MR) is 142 cm³/mol. The minimum atomic E-state index is -0.862. The average molecular weight is 517 g/mol. The van der Waals surface area contributed by atoms with Crippen molar-refractivity contribution >= 4 is 29.3 Å². The highest BCUT2D eigenvalue weighted by atomic mass is 16.3. The summed E-state index contributed by atoms with van der Waals surface area (Å²) in [5, 5.41) is 31.5. The van der Waals surface area contributed by atoms with Crippen LogP contribution in [0.15, 0.2) is 42.6 Å². The molecule has 2 bridgehead atoms. The van der Waals surface area contributed by atoms with Crippen molar-refractivity contribution in [2.45, 2.75) is 57.4 Å². The average Bonchev–Trinajstić information content (AvgIpc) is 3.72. The number of aliphatic hydroxyl groups excluding tert-OH is 2. The molecule has 5 unspecified atom stereocenters. The largest absolute Gasteiger partial charge is 0.390 e. The lowest BCUT2D eigenvalue weighted by molar-refractivity contribution is -0.108. The number of rotatable bonds is 10. The highest BCUT2D eigenvalue weighted by Gasteiger charge is 2.54. The number of hydrogen-bond acceptors (Lipinski definition) is 8. The van der Waals surface area contributed by atoms with Crippen LogP contribution >= 0.6 is 0 Å². The van der Waals surface area contributed by atoms with E-state index in [4.69, 9.17) is 15.0 Å². The topological polar surface area (TPSA) is 145 Å². The van der Waals surface area contributed by atoms with Gasteiger partial charge in [0.2, 0.25) is 12.4 Å². The van der Waals surface area contributed by atoms with Crippen LogP contribution in [0, 0.1) is 11.8 Å². The summed E-state index contributed by atoms with van der Waals surface area (Å²) < 4.78 is 2.02. The van der Waals surface area contributed by atoms with Gasteiger partial charge in [-0.15, -0.1) is 0 Å². The molecule has 11 heteroatoms. The van der Waals surface area contributed by atoms with Crippen LogP contribution in [0.1, 0.15) is 31.7 Å². The molecule has 2 saturated carbocycles. The number of anilines is 2. The Labute approximate surface area is 219 Å². The van der Waals surface area contributed by atoms with Crippen LogP contribution in [0.4, 0.5) is 11.8 Å². The maximum atomic E-state index is 12.6. The van der Waals surface area contributed by atoms with Gasteiger partial charge in [-0.3, -0.25) is 14.8 Å². The van der Waals surface area contributed by atoms with Gasteiger partial charge in [0.1, 0.15) is 5.69 Å². The Bertz CT molecular complexity index is 1400. The van der Waals surface area contributed by atoms with E-state index in [0.717, 1.165) is 19.3 Å². The first kappa shape index (κ1) is 24.5. The first-order chi connectivity index (χ1) is 18.6. The Balaban J connectivity index is 1.42. The lowest BCUT2D eigenvalue weighted by Gasteiger charge is -2.35. The minimum absolute atomic E-state index is 0.0412. The number of aromatic amines is 1. The highest BCUT2D eigenvalue weighted by molar-refractivity contribution is 5.93. The van der Waals surface area contributed by atoms with Crippen molar-refractivity contribution in [3.05, 3.63) is 48.2 Å².